The van der Waals surface area contributed by atoms with Gasteiger partial charge in [0.05, 0.1) is 6.04 Å². The van der Waals surface area contributed by atoms with Crippen LogP contribution in [-0.4, -0.2) is 7.05 Å². The van der Waals surface area contributed by atoms with Crippen molar-refractivity contribution < 1.29 is 0 Å². The first-order valence-electron chi connectivity index (χ1n) is 5.30. The fourth-order valence-electron chi connectivity index (χ4n) is 1.75. The molecule has 4 heteroatoms. The number of thiophene rings is 1. The van der Waals surface area contributed by atoms with E-state index in [2.05, 4.69) is 74.4 Å². The number of benzene rings is 1. The zero-order valence-corrected chi connectivity index (χ0v) is 13.6. The standard InChI is InChI=1S/C13H13Br2NS/c1-8-11(15)7-12(17-8)13(16-2)9-3-5-10(14)6-4-9/h3-7,13,16H,1-2H3. The van der Waals surface area contributed by atoms with Crippen molar-refractivity contribution in [2.75, 3.05) is 7.05 Å². The van der Waals surface area contributed by atoms with Gasteiger partial charge in [-0.15, -0.1) is 11.3 Å². The molecule has 0 fully saturated rings. The molecule has 1 N–H and O–H groups in total. The number of aryl methyl sites for hydroxylation is 1. The predicted octanol–water partition coefficient (Wildman–Crippen LogP) is 4.89. The molecule has 0 aliphatic heterocycles. The zero-order chi connectivity index (χ0) is 12.4. The molecule has 0 spiro atoms. The minimum absolute atomic E-state index is 0.262. The molecule has 17 heavy (non-hydrogen) atoms. The fraction of sp³-hybridized carbons (Fsp3) is 0.231. The topological polar surface area (TPSA) is 12.0 Å². The molecule has 1 aromatic heterocycles. The summed E-state index contributed by atoms with van der Waals surface area (Å²) < 4.78 is 2.30. The highest BCUT2D eigenvalue weighted by Gasteiger charge is 2.15. The molecule has 1 unspecified atom stereocenters. The molecular formula is C13H13Br2NS. The third-order valence-electron chi connectivity index (χ3n) is 2.65. The van der Waals surface area contributed by atoms with Gasteiger partial charge in [-0.2, -0.15) is 0 Å². The second-order valence-electron chi connectivity index (χ2n) is 3.83. The first-order chi connectivity index (χ1) is 8.11. The number of hydrogen-bond acceptors (Lipinski definition) is 2. The molecule has 0 saturated heterocycles. The highest BCUT2D eigenvalue weighted by Crippen LogP contribution is 2.33. The fourth-order valence-corrected chi connectivity index (χ4v) is 3.72. The van der Waals surface area contributed by atoms with E-state index in [1.807, 2.05) is 18.4 Å². The van der Waals surface area contributed by atoms with E-state index in [1.165, 1.54) is 19.8 Å². The highest BCUT2D eigenvalue weighted by atomic mass is 79.9. The summed E-state index contributed by atoms with van der Waals surface area (Å²) in [5.74, 6) is 0. The molecule has 90 valence electrons. The first-order valence-corrected chi connectivity index (χ1v) is 7.70. The molecule has 0 saturated carbocycles. The summed E-state index contributed by atoms with van der Waals surface area (Å²) >= 11 is 8.86. The molecule has 0 radical (unpaired) electrons. The van der Waals surface area contributed by atoms with Crippen LogP contribution in [0.25, 0.3) is 0 Å². The summed E-state index contributed by atoms with van der Waals surface area (Å²) in [5.41, 5.74) is 1.28. The average molecular weight is 375 g/mol. The van der Waals surface area contributed by atoms with E-state index < -0.39 is 0 Å². The summed E-state index contributed by atoms with van der Waals surface area (Å²) in [5, 5.41) is 3.37. The molecule has 0 aliphatic carbocycles. The highest BCUT2D eigenvalue weighted by molar-refractivity contribution is 9.10. The molecule has 2 rings (SSSR count). The minimum atomic E-state index is 0.262. The van der Waals surface area contributed by atoms with Crippen molar-refractivity contribution >= 4 is 43.2 Å². The summed E-state index contributed by atoms with van der Waals surface area (Å²) in [6.07, 6.45) is 0. The lowest BCUT2D eigenvalue weighted by molar-refractivity contribution is 0.703. The van der Waals surface area contributed by atoms with Gasteiger partial charge in [-0.3, -0.25) is 0 Å². The quantitative estimate of drug-likeness (QED) is 0.806. The molecule has 1 nitrogen and oxygen atoms in total. The molecular weight excluding hydrogens is 362 g/mol. The van der Waals surface area contributed by atoms with Gasteiger partial charge in [0.1, 0.15) is 0 Å². The van der Waals surface area contributed by atoms with Crippen LogP contribution in [0.2, 0.25) is 0 Å². The molecule has 0 bridgehead atoms. The summed E-state index contributed by atoms with van der Waals surface area (Å²) in [6, 6.07) is 10.9. The Morgan fingerprint density at radius 2 is 1.82 bits per heavy atom. The van der Waals surface area contributed by atoms with Crippen LogP contribution in [-0.2, 0) is 0 Å². The van der Waals surface area contributed by atoms with Crippen molar-refractivity contribution in [1.29, 1.82) is 0 Å². The Morgan fingerprint density at radius 1 is 1.18 bits per heavy atom. The SMILES string of the molecule is CNC(c1ccc(Br)cc1)c1cc(Br)c(C)s1. The van der Waals surface area contributed by atoms with Gasteiger partial charge in [0.2, 0.25) is 0 Å². The first kappa shape index (κ1) is 13.3. The van der Waals surface area contributed by atoms with Gasteiger partial charge in [0.15, 0.2) is 0 Å². The van der Waals surface area contributed by atoms with E-state index in [1.54, 1.807) is 0 Å². The van der Waals surface area contributed by atoms with E-state index >= 15 is 0 Å². The van der Waals surface area contributed by atoms with Crippen LogP contribution in [0.4, 0.5) is 0 Å². The Morgan fingerprint density at radius 3 is 2.29 bits per heavy atom. The Hall–Kier alpha value is -0.160. The van der Waals surface area contributed by atoms with Crippen molar-refractivity contribution in [2.24, 2.45) is 0 Å². The van der Waals surface area contributed by atoms with Crippen molar-refractivity contribution in [1.82, 2.24) is 5.32 Å². The summed E-state index contributed by atoms with van der Waals surface area (Å²) in [7, 11) is 2.00. The smallest absolute Gasteiger partial charge is 0.0669 e. The third kappa shape index (κ3) is 2.99. The van der Waals surface area contributed by atoms with Crippen LogP contribution in [0.3, 0.4) is 0 Å². The third-order valence-corrected chi connectivity index (χ3v) is 5.38. The van der Waals surface area contributed by atoms with Crippen LogP contribution in [0.1, 0.15) is 21.4 Å². The minimum Gasteiger partial charge on any atom is -0.309 e. The maximum atomic E-state index is 3.57. The lowest BCUT2D eigenvalue weighted by Crippen LogP contribution is -2.16. The van der Waals surface area contributed by atoms with E-state index in [9.17, 15) is 0 Å². The van der Waals surface area contributed by atoms with E-state index in [4.69, 9.17) is 0 Å². The van der Waals surface area contributed by atoms with Crippen LogP contribution >= 0.6 is 43.2 Å². The maximum absolute atomic E-state index is 3.57. The van der Waals surface area contributed by atoms with Gasteiger partial charge in [0.25, 0.3) is 0 Å². The largest absolute Gasteiger partial charge is 0.309 e. The van der Waals surface area contributed by atoms with Crippen molar-refractivity contribution in [2.45, 2.75) is 13.0 Å². The Kier molecular flexibility index (Phi) is 4.42. The van der Waals surface area contributed by atoms with Crippen LogP contribution in [0.15, 0.2) is 39.3 Å². The lowest BCUT2D eigenvalue weighted by Gasteiger charge is -2.15. The number of halogens is 2. The van der Waals surface area contributed by atoms with Crippen LogP contribution in [0, 0.1) is 6.92 Å². The van der Waals surface area contributed by atoms with E-state index in [0.29, 0.717) is 0 Å². The van der Waals surface area contributed by atoms with Crippen molar-refractivity contribution in [3.63, 3.8) is 0 Å². The molecule has 2 aromatic rings. The molecule has 1 heterocycles. The number of rotatable bonds is 3. The lowest BCUT2D eigenvalue weighted by atomic mass is 10.1. The normalized spacial score (nSPS) is 12.7. The molecule has 1 atom stereocenters. The summed E-state index contributed by atoms with van der Waals surface area (Å²) in [4.78, 5) is 2.65. The molecule has 0 aliphatic rings. The Balaban J connectivity index is 2.36. The van der Waals surface area contributed by atoms with Gasteiger partial charge in [-0.25, -0.2) is 0 Å². The number of hydrogen-bond donors (Lipinski definition) is 1. The molecule has 0 amide bonds. The number of nitrogens with one attached hydrogen (secondary N) is 1. The van der Waals surface area contributed by atoms with Gasteiger partial charge in [0, 0.05) is 18.7 Å². The average Bonchev–Trinajstić information content (AvgIpc) is 2.63. The van der Waals surface area contributed by atoms with Gasteiger partial charge >= 0.3 is 0 Å². The second-order valence-corrected chi connectivity index (χ2v) is 6.88. The zero-order valence-electron chi connectivity index (χ0n) is 9.63. The second kappa shape index (κ2) is 5.65. The Bertz CT molecular complexity index is 485. The van der Waals surface area contributed by atoms with Crippen LogP contribution in [0.5, 0.6) is 0 Å². The van der Waals surface area contributed by atoms with E-state index in [0.717, 1.165) is 4.47 Å². The van der Waals surface area contributed by atoms with Crippen molar-refractivity contribution in [3.05, 3.63) is 54.6 Å². The summed E-state index contributed by atoms with van der Waals surface area (Å²) in [6.45, 7) is 2.13. The van der Waals surface area contributed by atoms with Crippen LogP contribution < -0.4 is 5.32 Å². The maximum Gasteiger partial charge on any atom is 0.0669 e. The van der Waals surface area contributed by atoms with Gasteiger partial charge in [-0.1, -0.05) is 28.1 Å². The van der Waals surface area contributed by atoms with Gasteiger partial charge < -0.3 is 5.32 Å². The van der Waals surface area contributed by atoms with Crippen molar-refractivity contribution in [3.8, 4) is 0 Å². The molecule has 1 aromatic carbocycles. The van der Waals surface area contributed by atoms with Gasteiger partial charge in [-0.05, 0) is 53.7 Å². The van der Waals surface area contributed by atoms with E-state index in [-0.39, 0.29) is 6.04 Å². The predicted molar refractivity (Wildman–Crippen MR) is 81.8 cm³/mol. The monoisotopic (exact) mass is 373 g/mol. The Labute approximate surface area is 123 Å².